The average Bonchev–Trinajstić information content (AvgIpc) is 1.80. The first kappa shape index (κ1) is 46.0. The predicted molar refractivity (Wildman–Crippen MR) is 329 cm³/mol. The van der Waals surface area contributed by atoms with E-state index in [0.717, 1.165) is 100 Å². The molecule has 3 aliphatic carbocycles. The third kappa shape index (κ3) is 7.24. The summed E-state index contributed by atoms with van der Waals surface area (Å²) in [5, 5.41) is 4.58. The minimum absolute atomic E-state index is 0.00146. The number of hydrogen-bond acceptors (Lipinski definition) is 6. The molecule has 2 atom stereocenters. The second-order valence-corrected chi connectivity index (χ2v) is 21.4. The summed E-state index contributed by atoms with van der Waals surface area (Å²) in [6, 6.07) is 86.6. The van der Waals surface area contributed by atoms with Gasteiger partial charge in [-0.2, -0.15) is 0 Å². The van der Waals surface area contributed by atoms with Crippen molar-refractivity contribution in [3.63, 3.8) is 0 Å². The lowest BCUT2D eigenvalue weighted by Gasteiger charge is -2.42. The summed E-state index contributed by atoms with van der Waals surface area (Å²) in [6.45, 7) is 0. The highest BCUT2D eigenvalue weighted by molar-refractivity contribution is 6.10. The summed E-state index contributed by atoms with van der Waals surface area (Å²) in [4.78, 5) is 30.6. The number of rotatable bonds is 8. The van der Waals surface area contributed by atoms with Crippen molar-refractivity contribution in [3.05, 3.63) is 301 Å². The van der Waals surface area contributed by atoms with E-state index in [1.165, 1.54) is 44.2 Å². The number of fused-ring (bicyclic) bond motifs is 6. The average molecular weight is 1050 g/mol. The summed E-state index contributed by atoms with van der Waals surface area (Å²) in [5.74, 6) is 1.37. The fourth-order valence-corrected chi connectivity index (χ4v) is 13.3. The van der Waals surface area contributed by atoms with Crippen LogP contribution >= 0.6 is 0 Å². The highest BCUT2D eigenvalue weighted by Crippen LogP contribution is 2.57. The van der Waals surface area contributed by atoms with Gasteiger partial charge in [-0.15, -0.1) is 0 Å². The van der Waals surface area contributed by atoms with Crippen molar-refractivity contribution >= 4 is 43.6 Å². The summed E-state index contributed by atoms with van der Waals surface area (Å²) in [7, 11) is 0. The summed E-state index contributed by atoms with van der Waals surface area (Å²) in [6.07, 6.45) is 7.66. The van der Waals surface area contributed by atoms with Gasteiger partial charge in [-0.05, 0) is 106 Å². The Labute approximate surface area is 472 Å². The lowest BCUT2D eigenvalue weighted by molar-refractivity contribution is 0.754. The number of aromatic nitrogens is 8. The molecule has 18 rings (SSSR count). The standard InChI is InChI=1S/C74H46N8/c1-3-15-45(16-4-1)63-41-65(47-19-13-21-51(37-47)81-67-27-11-9-23-53(67)61-43-75-35-33-69(61)81)79-73(77-63)49-29-31-57-59(39-49)71-55-25-7-8-26-56(55)72(57)60-40-50(30-32-58(60)71)74-78-64(46-17-5-2-6-18-46)42-66(80-74)48-20-14-22-52(38-48)82-68-28-12-10-24-54(68)62-44-76-36-34-70(62)82/h1-44,71-72H. The van der Waals surface area contributed by atoms with Gasteiger partial charge in [0.1, 0.15) is 0 Å². The van der Waals surface area contributed by atoms with Crippen LogP contribution < -0.4 is 0 Å². The molecule has 6 heterocycles. The minimum Gasteiger partial charge on any atom is -0.309 e. The van der Waals surface area contributed by atoms with Crippen molar-refractivity contribution in [2.75, 3.05) is 0 Å². The third-order valence-corrected chi connectivity index (χ3v) is 16.9. The summed E-state index contributed by atoms with van der Waals surface area (Å²) in [5.41, 5.74) is 23.9. The van der Waals surface area contributed by atoms with E-state index in [2.05, 4.69) is 250 Å². The molecule has 0 fully saturated rings. The van der Waals surface area contributed by atoms with Gasteiger partial charge in [-0.1, -0.05) is 170 Å². The van der Waals surface area contributed by atoms with Crippen molar-refractivity contribution < 1.29 is 0 Å². The lowest BCUT2D eigenvalue weighted by atomic mass is 9.61. The van der Waals surface area contributed by atoms with Gasteiger partial charge in [0, 0.05) is 103 Å². The molecule has 0 amide bonds. The molecule has 6 aromatic heterocycles. The molecular weight excluding hydrogens is 1000 g/mol. The number of benzene rings is 9. The Balaban J connectivity index is 0.776. The second-order valence-electron chi connectivity index (χ2n) is 21.4. The first-order chi connectivity index (χ1) is 40.6. The Bertz CT molecular complexity index is 4650. The molecule has 15 aromatic rings. The Hall–Kier alpha value is -11.0. The minimum atomic E-state index is 0.00146. The monoisotopic (exact) mass is 1050 g/mol. The first-order valence-electron chi connectivity index (χ1n) is 27.8. The summed E-state index contributed by atoms with van der Waals surface area (Å²) >= 11 is 0. The van der Waals surface area contributed by atoms with Crippen molar-refractivity contribution in [1.82, 2.24) is 39.0 Å². The van der Waals surface area contributed by atoms with Crippen LogP contribution in [-0.4, -0.2) is 39.0 Å². The third-order valence-electron chi connectivity index (χ3n) is 16.9. The van der Waals surface area contributed by atoms with Gasteiger partial charge >= 0.3 is 0 Å². The van der Waals surface area contributed by atoms with E-state index < -0.39 is 0 Å². The zero-order valence-electron chi connectivity index (χ0n) is 44.1. The maximum Gasteiger partial charge on any atom is 0.160 e. The highest BCUT2D eigenvalue weighted by Gasteiger charge is 2.41. The van der Waals surface area contributed by atoms with Crippen molar-refractivity contribution in [2.24, 2.45) is 0 Å². The number of hydrogen-bond donors (Lipinski definition) is 0. The molecule has 9 aromatic carbocycles. The van der Waals surface area contributed by atoms with Crippen LogP contribution in [0.5, 0.6) is 0 Å². The van der Waals surface area contributed by atoms with Gasteiger partial charge in [0.15, 0.2) is 11.6 Å². The molecule has 0 saturated carbocycles. The summed E-state index contributed by atoms with van der Waals surface area (Å²) < 4.78 is 4.65. The van der Waals surface area contributed by atoms with Crippen molar-refractivity contribution in [1.29, 1.82) is 0 Å². The maximum atomic E-state index is 5.44. The quantitative estimate of drug-likeness (QED) is 0.151. The van der Waals surface area contributed by atoms with Gasteiger partial charge in [0.05, 0.1) is 44.8 Å². The Morgan fingerprint density at radius 2 is 0.634 bits per heavy atom. The van der Waals surface area contributed by atoms with Crippen LogP contribution in [0, 0.1) is 0 Å². The van der Waals surface area contributed by atoms with Crippen molar-refractivity contribution in [2.45, 2.75) is 11.8 Å². The van der Waals surface area contributed by atoms with Crippen molar-refractivity contribution in [3.8, 4) is 79.2 Å². The lowest BCUT2D eigenvalue weighted by Crippen LogP contribution is -2.27. The van der Waals surface area contributed by atoms with Crippen LogP contribution in [0.1, 0.15) is 45.2 Å². The number of para-hydroxylation sites is 2. The molecule has 8 heteroatoms. The normalized spacial score (nSPS) is 14.1. The highest BCUT2D eigenvalue weighted by atomic mass is 15.0. The van der Waals surface area contributed by atoms with E-state index in [1.807, 2.05) is 36.9 Å². The van der Waals surface area contributed by atoms with Crippen LogP contribution in [0.25, 0.3) is 123 Å². The molecule has 0 N–H and O–H groups in total. The molecule has 0 saturated heterocycles. The molecule has 0 spiro atoms. The Morgan fingerprint density at radius 3 is 1.10 bits per heavy atom. The fourth-order valence-electron chi connectivity index (χ4n) is 13.3. The van der Waals surface area contributed by atoms with Crippen LogP contribution in [0.15, 0.2) is 267 Å². The van der Waals surface area contributed by atoms with E-state index in [0.29, 0.717) is 11.6 Å². The predicted octanol–water partition coefficient (Wildman–Crippen LogP) is 17.2. The molecular formula is C74H46N8. The zero-order chi connectivity index (χ0) is 53.8. The van der Waals surface area contributed by atoms with E-state index in [9.17, 15) is 0 Å². The molecule has 2 unspecified atom stereocenters. The molecule has 2 bridgehead atoms. The zero-order valence-corrected chi connectivity index (χ0v) is 44.1. The SMILES string of the molecule is c1ccc(-c2cc(-c3cccc(-n4c5ccccc5c5cnccc54)c3)nc(-c3ccc4c(c3)C3c5ccccc5C4c4cc(-c5nc(-c6ccccc6)cc(-c6cccc(-n7c8ccccc8c8cnccc87)c6)n5)ccc43)n2)cc1. The number of nitrogens with zero attached hydrogens (tertiary/aromatic N) is 8. The van der Waals surface area contributed by atoms with Gasteiger partial charge in [0.2, 0.25) is 0 Å². The smallest absolute Gasteiger partial charge is 0.160 e. The van der Waals surface area contributed by atoms with Gasteiger partial charge in [0.25, 0.3) is 0 Å². The maximum absolute atomic E-state index is 5.44. The van der Waals surface area contributed by atoms with Gasteiger partial charge < -0.3 is 9.13 Å². The fraction of sp³-hybridized carbons (Fsp3) is 0.0270. The molecule has 8 nitrogen and oxygen atoms in total. The van der Waals surface area contributed by atoms with Gasteiger partial charge in [-0.25, -0.2) is 19.9 Å². The van der Waals surface area contributed by atoms with Gasteiger partial charge in [-0.3, -0.25) is 9.97 Å². The van der Waals surface area contributed by atoms with E-state index >= 15 is 0 Å². The Morgan fingerprint density at radius 1 is 0.256 bits per heavy atom. The first-order valence-corrected chi connectivity index (χ1v) is 27.8. The largest absolute Gasteiger partial charge is 0.309 e. The molecule has 82 heavy (non-hydrogen) atoms. The van der Waals surface area contributed by atoms with Crippen LogP contribution in [0.2, 0.25) is 0 Å². The van der Waals surface area contributed by atoms with E-state index in [1.54, 1.807) is 0 Å². The van der Waals surface area contributed by atoms with E-state index in [4.69, 9.17) is 19.9 Å². The van der Waals surface area contributed by atoms with Crippen LogP contribution in [0.3, 0.4) is 0 Å². The molecule has 0 radical (unpaired) electrons. The molecule has 0 aliphatic heterocycles. The van der Waals surface area contributed by atoms with Crippen LogP contribution in [-0.2, 0) is 0 Å². The van der Waals surface area contributed by atoms with E-state index in [-0.39, 0.29) is 11.8 Å². The van der Waals surface area contributed by atoms with Crippen LogP contribution in [0.4, 0.5) is 0 Å². The Kier molecular flexibility index (Phi) is 10.3. The number of pyridine rings is 2. The second kappa shape index (κ2) is 18.3. The molecule has 3 aliphatic rings. The topological polar surface area (TPSA) is 87.2 Å². The molecule has 382 valence electrons.